The molecule has 1 fully saturated rings. The van der Waals surface area contributed by atoms with Gasteiger partial charge in [-0.25, -0.2) is 0 Å². The minimum Gasteiger partial charge on any atom is -0.373 e. The zero-order chi connectivity index (χ0) is 13.8. The molecule has 1 N–H and O–H groups in total. The van der Waals surface area contributed by atoms with Crippen LogP contribution in [0.4, 0.5) is 5.69 Å². The lowest BCUT2D eigenvalue weighted by Crippen LogP contribution is -2.21. The summed E-state index contributed by atoms with van der Waals surface area (Å²) < 4.78 is 0. The van der Waals surface area contributed by atoms with Crippen LogP contribution < -0.4 is 10.2 Å². The summed E-state index contributed by atoms with van der Waals surface area (Å²) >= 11 is 6.41. The van der Waals surface area contributed by atoms with Crippen LogP contribution in [-0.2, 0) is 6.54 Å². The van der Waals surface area contributed by atoms with Gasteiger partial charge in [-0.15, -0.1) is 0 Å². The predicted octanol–water partition coefficient (Wildman–Crippen LogP) is 3.93. The first kappa shape index (κ1) is 14.7. The molecule has 2 atom stereocenters. The Morgan fingerprint density at radius 3 is 2.74 bits per heavy atom. The zero-order valence-corrected chi connectivity index (χ0v) is 13.0. The Bertz CT molecular complexity index is 419. The van der Waals surface area contributed by atoms with Crippen LogP contribution in [0.3, 0.4) is 0 Å². The van der Waals surface area contributed by atoms with Crippen molar-refractivity contribution in [2.24, 2.45) is 11.8 Å². The van der Waals surface area contributed by atoms with Crippen molar-refractivity contribution < 1.29 is 0 Å². The molecule has 0 aromatic heterocycles. The highest BCUT2D eigenvalue weighted by Gasteiger charge is 2.33. The largest absolute Gasteiger partial charge is 0.373 e. The van der Waals surface area contributed by atoms with Gasteiger partial charge in [0.2, 0.25) is 0 Å². The maximum absolute atomic E-state index is 6.41. The van der Waals surface area contributed by atoms with Crippen molar-refractivity contribution in [1.82, 2.24) is 5.32 Å². The van der Waals surface area contributed by atoms with E-state index in [2.05, 4.69) is 49.3 Å². The van der Waals surface area contributed by atoms with E-state index in [4.69, 9.17) is 11.6 Å². The van der Waals surface area contributed by atoms with E-state index in [1.54, 1.807) is 0 Å². The molecule has 0 aliphatic heterocycles. The molecule has 0 radical (unpaired) electrons. The van der Waals surface area contributed by atoms with Crippen LogP contribution in [0, 0.1) is 11.8 Å². The van der Waals surface area contributed by atoms with E-state index >= 15 is 0 Å². The monoisotopic (exact) mass is 280 g/mol. The molecule has 1 saturated carbocycles. The van der Waals surface area contributed by atoms with Crippen molar-refractivity contribution in [3.05, 3.63) is 28.8 Å². The fourth-order valence-corrected chi connectivity index (χ4v) is 2.83. The van der Waals surface area contributed by atoms with Crippen molar-refractivity contribution in [2.75, 3.05) is 25.0 Å². The average molecular weight is 281 g/mol. The van der Waals surface area contributed by atoms with Crippen LogP contribution in [-0.4, -0.2) is 20.1 Å². The van der Waals surface area contributed by atoms with Crippen molar-refractivity contribution >= 4 is 17.3 Å². The van der Waals surface area contributed by atoms with E-state index in [0.717, 1.165) is 48.6 Å². The van der Waals surface area contributed by atoms with E-state index in [0.29, 0.717) is 0 Å². The van der Waals surface area contributed by atoms with Crippen molar-refractivity contribution in [1.29, 1.82) is 0 Å². The Morgan fingerprint density at radius 2 is 2.16 bits per heavy atom. The van der Waals surface area contributed by atoms with Crippen LogP contribution in [0.25, 0.3) is 0 Å². The van der Waals surface area contributed by atoms with Gasteiger partial charge in [0.1, 0.15) is 0 Å². The molecule has 2 unspecified atom stereocenters. The number of rotatable bonds is 7. The fourth-order valence-electron chi connectivity index (χ4n) is 2.48. The third kappa shape index (κ3) is 4.12. The summed E-state index contributed by atoms with van der Waals surface area (Å²) in [4.78, 5) is 2.29. The van der Waals surface area contributed by atoms with E-state index in [-0.39, 0.29) is 0 Å². The second-order valence-corrected chi connectivity index (χ2v) is 6.22. The van der Waals surface area contributed by atoms with Gasteiger partial charge in [-0.05, 0) is 48.9 Å². The van der Waals surface area contributed by atoms with Gasteiger partial charge in [-0.3, -0.25) is 0 Å². The molecular weight excluding hydrogens is 256 g/mol. The quantitative estimate of drug-likeness (QED) is 0.761. The number of nitrogens with one attached hydrogen (secondary N) is 1. The van der Waals surface area contributed by atoms with Crippen LogP contribution >= 0.6 is 11.6 Å². The Kier molecular flexibility index (Phi) is 5.12. The topological polar surface area (TPSA) is 15.3 Å². The van der Waals surface area contributed by atoms with E-state index < -0.39 is 0 Å². The number of nitrogens with zero attached hydrogens (tertiary/aromatic N) is 1. The molecular formula is C16H25ClN2. The lowest BCUT2D eigenvalue weighted by Gasteiger charge is -2.21. The lowest BCUT2D eigenvalue weighted by molar-refractivity contribution is 0.675. The van der Waals surface area contributed by atoms with E-state index in [1.807, 2.05) is 0 Å². The SMILES string of the molecule is CCCNCc1ccc(N(C)CC2CC2C)c(Cl)c1. The Labute approximate surface area is 122 Å². The Hall–Kier alpha value is -0.730. The second kappa shape index (κ2) is 6.62. The van der Waals surface area contributed by atoms with Crippen molar-refractivity contribution in [3.63, 3.8) is 0 Å². The number of hydrogen-bond donors (Lipinski definition) is 1. The normalized spacial score (nSPS) is 21.5. The summed E-state index contributed by atoms with van der Waals surface area (Å²) in [5, 5.41) is 4.27. The molecule has 0 bridgehead atoms. The first-order valence-electron chi connectivity index (χ1n) is 7.32. The molecule has 3 heteroatoms. The van der Waals surface area contributed by atoms with Gasteiger partial charge in [0.25, 0.3) is 0 Å². The standard InChI is InChI=1S/C16H25ClN2/c1-4-7-18-10-13-5-6-16(15(17)9-13)19(3)11-14-8-12(14)2/h5-6,9,12,14,18H,4,7-8,10-11H2,1-3H3. The average Bonchev–Trinajstić information content (AvgIpc) is 3.05. The molecule has 1 aromatic carbocycles. The molecule has 0 spiro atoms. The van der Waals surface area contributed by atoms with Crippen LogP contribution in [0.15, 0.2) is 18.2 Å². The van der Waals surface area contributed by atoms with Gasteiger partial charge in [-0.2, -0.15) is 0 Å². The number of benzene rings is 1. The lowest BCUT2D eigenvalue weighted by atomic mass is 10.2. The summed E-state index contributed by atoms with van der Waals surface area (Å²) in [6, 6.07) is 6.42. The molecule has 19 heavy (non-hydrogen) atoms. The highest BCUT2D eigenvalue weighted by Crippen LogP contribution is 2.39. The molecule has 1 aromatic rings. The Morgan fingerprint density at radius 1 is 1.42 bits per heavy atom. The van der Waals surface area contributed by atoms with E-state index in [9.17, 15) is 0 Å². The molecule has 106 valence electrons. The number of halogens is 1. The summed E-state index contributed by atoms with van der Waals surface area (Å²) in [5.74, 6) is 1.74. The van der Waals surface area contributed by atoms with Crippen molar-refractivity contribution in [2.45, 2.75) is 33.2 Å². The molecule has 0 saturated heterocycles. The van der Waals surface area contributed by atoms with Gasteiger partial charge in [0.05, 0.1) is 10.7 Å². The van der Waals surface area contributed by atoms with Gasteiger partial charge in [0, 0.05) is 20.1 Å². The minimum absolute atomic E-state index is 0.854. The molecule has 2 rings (SSSR count). The fraction of sp³-hybridized carbons (Fsp3) is 0.625. The van der Waals surface area contributed by atoms with Gasteiger partial charge in [-0.1, -0.05) is 31.5 Å². The number of hydrogen-bond acceptors (Lipinski definition) is 2. The molecule has 2 nitrogen and oxygen atoms in total. The van der Waals surface area contributed by atoms with Gasteiger partial charge >= 0.3 is 0 Å². The predicted molar refractivity (Wildman–Crippen MR) is 84.0 cm³/mol. The van der Waals surface area contributed by atoms with E-state index in [1.165, 1.54) is 12.0 Å². The maximum atomic E-state index is 6.41. The first-order chi connectivity index (χ1) is 9.11. The highest BCUT2D eigenvalue weighted by atomic mass is 35.5. The molecule has 1 aliphatic rings. The molecule has 0 amide bonds. The van der Waals surface area contributed by atoms with Gasteiger partial charge < -0.3 is 10.2 Å². The second-order valence-electron chi connectivity index (χ2n) is 5.82. The van der Waals surface area contributed by atoms with Crippen LogP contribution in [0.1, 0.15) is 32.3 Å². The van der Waals surface area contributed by atoms with Crippen LogP contribution in [0.2, 0.25) is 5.02 Å². The minimum atomic E-state index is 0.854. The number of anilines is 1. The van der Waals surface area contributed by atoms with Crippen LogP contribution in [0.5, 0.6) is 0 Å². The first-order valence-corrected chi connectivity index (χ1v) is 7.70. The Balaban J connectivity index is 1.93. The summed E-state index contributed by atoms with van der Waals surface area (Å²) in [5.41, 5.74) is 2.41. The molecule has 1 aliphatic carbocycles. The smallest absolute Gasteiger partial charge is 0.0642 e. The third-order valence-electron chi connectivity index (χ3n) is 3.96. The molecule has 0 heterocycles. The zero-order valence-electron chi connectivity index (χ0n) is 12.2. The maximum Gasteiger partial charge on any atom is 0.0642 e. The third-order valence-corrected chi connectivity index (χ3v) is 4.27. The van der Waals surface area contributed by atoms with Gasteiger partial charge in [0.15, 0.2) is 0 Å². The summed E-state index contributed by atoms with van der Waals surface area (Å²) in [6.07, 6.45) is 2.52. The summed E-state index contributed by atoms with van der Waals surface area (Å²) in [6.45, 7) is 7.57. The van der Waals surface area contributed by atoms with Crippen molar-refractivity contribution in [3.8, 4) is 0 Å². The highest BCUT2D eigenvalue weighted by molar-refractivity contribution is 6.33. The summed E-state index contributed by atoms with van der Waals surface area (Å²) in [7, 11) is 2.14.